The number of ether oxygens (including phenoxy) is 4. The quantitative estimate of drug-likeness (QED) is 0.303. The molecule has 38 heavy (non-hydrogen) atoms. The van der Waals surface area contributed by atoms with Crippen LogP contribution in [-0.2, 0) is 17.9 Å². The summed E-state index contributed by atoms with van der Waals surface area (Å²) in [5.74, 6) is -0.0205. The number of halogens is 3. The predicted octanol–water partition coefficient (Wildman–Crippen LogP) is 4.72. The van der Waals surface area contributed by atoms with E-state index in [4.69, 9.17) is 14.2 Å². The number of nitro groups is 1. The maximum atomic E-state index is 12.3. The molecule has 10 nitrogen and oxygen atoms in total. The number of nitrogens with zero attached hydrogens (tertiary/aromatic N) is 4. The van der Waals surface area contributed by atoms with Crippen LogP contribution in [0, 0.1) is 10.1 Å². The molecule has 0 radical (unpaired) electrons. The molecular formula is C25H25F3N4O6. The Hall–Kier alpha value is -4.00. The van der Waals surface area contributed by atoms with Crippen LogP contribution in [0.2, 0.25) is 0 Å². The summed E-state index contributed by atoms with van der Waals surface area (Å²) in [6, 6.07) is 13.7. The second-order valence-corrected chi connectivity index (χ2v) is 9.03. The van der Waals surface area contributed by atoms with E-state index in [1.54, 1.807) is 4.57 Å². The molecule has 3 heterocycles. The lowest BCUT2D eigenvalue weighted by molar-refractivity contribution is -0.389. The molecule has 0 N–H and O–H groups in total. The summed E-state index contributed by atoms with van der Waals surface area (Å²) in [4.78, 5) is 16.4. The van der Waals surface area contributed by atoms with E-state index < -0.39 is 11.3 Å². The van der Waals surface area contributed by atoms with Gasteiger partial charge in [0.15, 0.2) is 0 Å². The normalized spacial score (nSPS) is 18.0. The lowest BCUT2D eigenvalue weighted by Gasteiger charge is -2.33. The average Bonchev–Trinajstić information content (AvgIpc) is 3.33. The maximum Gasteiger partial charge on any atom is 0.573 e. The monoisotopic (exact) mass is 534 g/mol. The van der Waals surface area contributed by atoms with E-state index in [-0.39, 0.29) is 36.4 Å². The minimum atomic E-state index is -4.72. The first-order valence-electron chi connectivity index (χ1n) is 12.0. The van der Waals surface area contributed by atoms with Gasteiger partial charge in [-0.2, -0.15) is 0 Å². The number of anilines is 1. The summed E-state index contributed by atoms with van der Waals surface area (Å²) in [6.07, 6.45) is -2.09. The first-order chi connectivity index (χ1) is 18.2. The number of alkyl halides is 3. The van der Waals surface area contributed by atoms with Crippen LogP contribution in [0.4, 0.5) is 24.7 Å². The van der Waals surface area contributed by atoms with E-state index in [0.29, 0.717) is 18.9 Å². The Morgan fingerprint density at radius 3 is 2.37 bits per heavy atom. The third-order valence-corrected chi connectivity index (χ3v) is 6.30. The van der Waals surface area contributed by atoms with Gasteiger partial charge in [-0.3, -0.25) is 4.57 Å². The minimum absolute atomic E-state index is 0.0246. The molecule has 3 aromatic rings. The topological polar surface area (TPSA) is 101 Å². The van der Waals surface area contributed by atoms with Crippen molar-refractivity contribution in [1.29, 1.82) is 0 Å². The number of hydrogen-bond donors (Lipinski definition) is 0. The Labute approximate surface area is 215 Å². The lowest BCUT2D eigenvalue weighted by atomic mass is 10.1. The highest BCUT2D eigenvalue weighted by atomic mass is 19.4. The van der Waals surface area contributed by atoms with Gasteiger partial charge in [0.1, 0.15) is 36.5 Å². The van der Waals surface area contributed by atoms with Gasteiger partial charge in [0, 0.05) is 36.6 Å². The Morgan fingerprint density at radius 2 is 1.71 bits per heavy atom. The number of imidazole rings is 1. The van der Waals surface area contributed by atoms with Crippen molar-refractivity contribution in [3.05, 3.63) is 70.4 Å². The Morgan fingerprint density at radius 1 is 1.03 bits per heavy atom. The van der Waals surface area contributed by atoms with Gasteiger partial charge in [-0.15, -0.1) is 13.2 Å². The standard InChI is InChI=1S/C25H25F3N4O6/c26-25(27,28)38-21-7-5-19(6-8-21)37-20-9-11-30(12-10-20)18-3-1-17(2-4-18)15-35-22-13-31-14-23(32(33)34)29-24(31)36-16-22/h1-8,14,20,22H,9-13,15-16H2/t22-/m0/s1. The summed E-state index contributed by atoms with van der Waals surface area (Å²) in [6.45, 7) is 2.65. The molecule has 2 aromatic carbocycles. The molecule has 1 atom stereocenters. The molecule has 1 saturated heterocycles. The second kappa shape index (κ2) is 10.8. The third kappa shape index (κ3) is 6.46. The van der Waals surface area contributed by atoms with Gasteiger partial charge in [0.25, 0.3) is 0 Å². The van der Waals surface area contributed by atoms with Crippen LogP contribution in [-0.4, -0.2) is 52.7 Å². The molecule has 0 bridgehead atoms. The zero-order chi connectivity index (χ0) is 26.7. The van der Waals surface area contributed by atoms with Gasteiger partial charge in [-0.1, -0.05) is 12.1 Å². The molecule has 202 valence electrons. The number of aromatic nitrogens is 2. The van der Waals surface area contributed by atoms with Crippen LogP contribution in [0.3, 0.4) is 0 Å². The number of rotatable bonds is 8. The van der Waals surface area contributed by atoms with Gasteiger partial charge < -0.3 is 34.0 Å². The summed E-state index contributed by atoms with van der Waals surface area (Å²) < 4.78 is 59.8. The van der Waals surface area contributed by atoms with Crippen molar-refractivity contribution in [1.82, 2.24) is 9.55 Å². The van der Waals surface area contributed by atoms with Crippen molar-refractivity contribution in [2.45, 2.75) is 44.6 Å². The van der Waals surface area contributed by atoms with Gasteiger partial charge in [0.2, 0.25) is 0 Å². The molecule has 2 aliphatic heterocycles. The highest BCUT2D eigenvalue weighted by Crippen LogP contribution is 2.28. The fourth-order valence-electron chi connectivity index (χ4n) is 4.42. The predicted molar refractivity (Wildman–Crippen MR) is 128 cm³/mol. The average molecular weight is 534 g/mol. The minimum Gasteiger partial charge on any atom is -0.490 e. The molecule has 0 aliphatic carbocycles. The zero-order valence-corrected chi connectivity index (χ0v) is 20.2. The number of piperidine rings is 1. The van der Waals surface area contributed by atoms with E-state index in [0.717, 1.165) is 37.2 Å². The van der Waals surface area contributed by atoms with E-state index in [2.05, 4.69) is 14.6 Å². The number of benzene rings is 2. The number of fused-ring (bicyclic) bond motifs is 1. The van der Waals surface area contributed by atoms with Crippen molar-refractivity contribution in [3.8, 4) is 17.5 Å². The SMILES string of the molecule is O=[N+]([O-])c1cn2c(n1)OC[C@@H](OCc1ccc(N3CCC(Oc4ccc(OC(F)(F)F)cc4)CC3)cc1)C2. The molecule has 5 rings (SSSR count). The van der Waals surface area contributed by atoms with Crippen molar-refractivity contribution in [2.75, 3.05) is 24.6 Å². The molecule has 0 saturated carbocycles. The Kier molecular flexibility index (Phi) is 7.27. The molecule has 13 heteroatoms. The van der Waals surface area contributed by atoms with E-state index >= 15 is 0 Å². The van der Waals surface area contributed by atoms with Crippen LogP contribution in [0.15, 0.2) is 54.7 Å². The van der Waals surface area contributed by atoms with Crippen molar-refractivity contribution in [3.63, 3.8) is 0 Å². The van der Waals surface area contributed by atoms with Crippen LogP contribution in [0.5, 0.6) is 17.5 Å². The molecule has 0 spiro atoms. The largest absolute Gasteiger partial charge is 0.573 e. The summed E-state index contributed by atoms with van der Waals surface area (Å²) in [5.41, 5.74) is 2.07. The van der Waals surface area contributed by atoms with Crippen LogP contribution >= 0.6 is 0 Å². The first-order valence-corrected chi connectivity index (χ1v) is 12.0. The van der Waals surface area contributed by atoms with Gasteiger partial charge >= 0.3 is 18.2 Å². The summed E-state index contributed by atoms with van der Waals surface area (Å²) in [5, 5.41) is 10.9. The maximum absolute atomic E-state index is 12.3. The fraction of sp³-hybridized carbons (Fsp3) is 0.400. The molecule has 0 amide bonds. The van der Waals surface area contributed by atoms with Crippen molar-refractivity contribution < 1.29 is 37.0 Å². The fourth-order valence-corrected chi connectivity index (χ4v) is 4.42. The molecule has 1 aromatic heterocycles. The van der Waals surface area contributed by atoms with Gasteiger partial charge in [-0.25, -0.2) is 0 Å². The van der Waals surface area contributed by atoms with E-state index in [1.165, 1.54) is 30.5 Å². The Bertz CT molecular complexity index is 1240. The molecule has 2 aliphatic rings. The van der Waals surface area contributed by atoms with Crippen molar-refractivity contribution >= 4 is 11.5 Å². The first kappa shape index (κ1) is 25.6. The molecule has 1 fully saturated rings. The second-order valence-electron chi connectivity index (χ2n) is 9.03. The zero-order valence-electron chi connectivity index (χ0n) is 20.2. The van der Waals surface area contributed by atoms with Crippen LogP contribution in [0.1, 0.15) is 18.4 Å². The lowest BCUT2D eigenvalue weighted by Crippen LogP contribution is -2.38. The van der Waals surface area contributed by atoms with Gasteiger partial charge in [0.05, 0.1) is 13.2 Å². The van der Waals surface area contributed by atoms with Crippen LogP contribution in [0.25, 0.3) is 0 Å². The molecule has 0 unspecified atom stereocenters. The van der Waals surface area contributed by atoms with Crippen molar-refractivity contribution in [2.24, 2.45) is 0 Å². The Balaban J connectivity index is 1.06. The third-order valence-electron chi connectivity index (χ3n) is 6.30. The summed E-state index contributed by atoms with van der Waals surface area (Å²) >= 11 is 0. The van der Waals surface area contributed by atoms with E-state index in [1.807, 2.05) is 24.3 Å². The van der Waals surface area contributed by atoms with Gasteiger partial charge in [-0.05, 0) is 46.9 Å². The molecular weight excluding hydrogens is 509 g/mol. The highest BCUT2D eigenvalue weighted by Gasteiger charge is 2.31. The smallest absolute Gasteiger partial charge is 0.490 e. The van der Waals surface area contributed by atoms with Crippen LogP contribution < -0.4 is 19.1 Å². The summed E-state index contributed by atoms with van der Waals surface area (Å²) in [7, 11) is 0. The number of hydrogen-bond acceptors (Lipinski definition) is 8. The highest BCUT2D eigenvalue weighted by molar-refractivity contribution is 5.48. The van der Waals surface area contributed by atoms with E-state index in [9.17, 15) is 23.3 Å².